The molecule has 0 unspecified atom stereocenters. The quantitative estimate of drug-likeness (QED) is 0.742. The van der Waals surface area contributed by atoms with Gasteiger partial charge in [-0.25, -0.2) is 0 Å². The molecular formula is C16H15N3O2S2. The lowest BCUT2D eigenvalue weighted by Crippen LogP contribution is -2.32. The van der Waals surface area contributed by atoms with Crippen LogP contribution in [0.25, 0.3) is 11.6 Å². The summed E-state index contributed by atoms with van der Waals surface area (Å²) >= 11 is 2.72. The summed E-state index contributed by atoms with van der Waals surface area (Å²) in [5, 5.41) is 20.2. The summed E-state index contributed by atoms with van der Waals surface area (Å²) in [6, 6.07) is 7.58. The molecule has 23 heavy (non-hydrogen) atoms. The van der Waals surface area contributed by atoms with Crippen molar-refractivity contribution in [2.45, 2.75) is 19.9 Å². The second kappa shape index (κ2) is 8.44. The predicted octanol–water partition coefficient (Wildman–Crippen LogP) is 1.42. The monoisotopic (exact) mass is 345 g/mol. The lowest BCUT2D eigenvalue weighted by atomic mass is 10.3. The second-order valence-corrected chi connectivity index (χ2v) is 6.55. The zero-order valence-electron chi connectivity index (χ0n) is 12.6. The fourth-order valence-electron chi connectivity index (χ4n) is 2.00. The predicted molar refractivity (Wildman–Crippen MR) is 91.5 cm³/mol. The van der Waals surface area contributed by atoms with E-state index < -0.39 is 0 Å². The van der Waals surface area contributed by atoms with Crippen LogP contribution in [-0.4, -0.2) is 17.8 Å². The van der Waals surface area contributed by atoms with Crippen LogP contribution < -0.4 is 14.8 Å². The average molecular weight is 345 g/mol. The van der Waals surface area contributed by atoms with E-state index in [4.69, 9.17) is 15.3 Å². The van der Waals surface area contributed by atoms with Crippen LogP contribution >= 0.6 is 22.7 Å². The molecule has 0 N–H and O–H groups in total. The van der Waals surface area contributed by atoms with Gasteiger partial charge in [0.25, 0.3) is 5.56 Å². The molecule has 0 aliphatic rings. The van der Waals surface area contributed by atoms with Crippen LogP contribution in [0.3, 0.4) is 0 Å². The van der Waals surface area contributed by atoms with Gasteiger partial charge in [-0.05, 0) is 30.9 Å². The molecule has 0 spiro atoms. The summed E-state index contributed by atoms with van der Waals surface area (Å²) in [5.74, 6) is 0. The van der Waals surface area contributed by atoms with Gasteiger partial charge in [0, 0.05) is 24.6 Å². The van der Waals surface area contributed by atoms with E-state index in [-0.39, 0.29) is 11.1 Å². The normalized spacial score (nSPS) is 11.2. The molecule has 118 valence electrons. The van der Waals surface area contributed by atoms with Gasteiger partial charge >= 0.3 is 0 Å². The molecule has 2 rings (SSSR count). The maximum atomic E-state index is 12.6. The number of ether oxygens (including phenoxy) is 1. The summed E-state index contributed by atoms with van der Waals surface area (Å²) in [5.41, 5.74) is -0.202. The molecule has 0 aliphatic carbocycles. The number of hydrogen-bond acceptors (Lipinski definition) is 6. The molecule has 0 aliphatic heterocycles. The highest BCUT2D eigenvalue weighted by Crippen LogP contribution is 2.08. The van der Waals surface area contributed by atoms with E-state index in [1.165, 1.54) is 27.2 Å². The molecule has 7 heteroatoms. The zero-order chi connectivity index (χ0) is 16.7. The van der Waals surface area contributed by atoms with Crippen LogP contribution in [0.1, 0.15) is 18.2 Å². The first-order chi connectivity index (χ1) is 11.2. The molecule has 0 aromatic carbocycles. The third-order valence-corrected chi connectivity index (χ3v) is 4.99. The van der Waals surface area contributed by atoms with Crippen LogP contribution in [-0.2, 0) is 11.3 Å². The fraction of sp³-hybridized carbons (Fsp3) is 0.312. The van der Waals surface area contributed by atoms with E-state index in [1.54, 1.807) is 6.08 Å². The number of hydrogen-bond donors (Lipinski definition) is 0. The Morgan fingerprint density at radius 1 is 1.43 bits per heavy atom. The lowest BCUT2D eigenvalue weighted by Gasteiger charge is -2.02. The van der Waals surface area contributed by atoms with Gasteiger partial charge in [-0.1, -0.05) is 6.07 Å². The summed E-state index contributed by atoms with van der Waals surface area (Å²) in [7, 11) is 0. The highest BCUT2D eigenvalue weighted by atomic mass is 32.1. The van der Waals surface area contributed by atoms with Gasteiger partial charge in [0.15, 0.2) is 5.57 Å². The van der Waals surface area contributed by atoms with Crippen LogP contribution in [0.4, 0.5) is 0 Å². The Hall–Kier alpha value is -2.19. The van der Waals surface area contributed by atoms with Crippen molar-refractivity contribution < 1.29 is 4.74 Å². The van der Waals surface area contributed by atoms with Crippen LogP contribution in [0, 0.1) is 22.7 Å². The SMILES string of the molecule is CCOCCCn1c(=C(C#N)C#N)s/c(=C/c2cccs2)c1=O. The van der Waals surface area contributed by atoms with E-state index in [9.17, 15) is 4.79 Å². The van der Waals surface area contributed by atoms with Gasteiger partial charge in [-0.3, -0.25) is 9.36 Å². The molecule has 0 atom stereocenters. The van der Waals surface area contributed by atoms with Crippen LogP contribution in [0.15, 0.2) is 22.3 Å². The maximum absolute atomic E-state index is 12.6. The highest BCUT2D eigenvalue weighted by Gasteiger charge is 2.09. The van der Waals surface area contributed by atoms with Crippen molar-refractivity contribution in [3.63, 3.8) is 0 Å². The minimum absolute atomic E-state index is 0.0330. The molecule has 2 aromatic rings. The molecule has 2 heterocycles. The second-order valence-electron chi connectivity index (χ2n) is 4.54. The van der Waals surface area contributed by atoms with Gasteiger partial charge in [-0.2, -0.15) is 10.5 Å². The highest BCUT2D eigenvalue weighted by molar-refractivity contribution is 7.11. The van der Waals surface area contributed by atoms with E-state index in [1.807, 2.05) is 36.6 Å². The van der Waals surface area contributed by atoms with Crippen molar-refractivity contribution in [2.75, 3.05) is 13.2 Å². The van der Waals surface area contributed by atoms with Gasteiger partial charge in [0.05, 0.1) is 4.53 Å². The third kappa shape index (κ3) is 4.17. The first kappa shape index (κ1) is 17.2. The summed E-state index contributed by atoms with van der Waals surface area (Å²) < 4.78 is 7.74. The molecule has 0 radical (unpaired) electrons. The zero-order valence-corrected chi connectivity index (χ0v) is 14.2. The summed E-state index contributed by atoms with van der Waals surface area (Å²) in [4.78, 5) is 13.6. The number of nitriles is 2. The number of rotatable bonds is 6. The van der Waals surface area contributed by atoms with Crippen molar-refractivity contribution in [1.29, 1.82) is 10.5 Å². The Kier molecular flexibility index (Phi) is 6.30. The minimum atomic E-state index is -0.169. The largest absolute Gasteiger partial charge is 0.382 e. The Morgan fingerprint density at radius 2 is 2.22 bits per heavy atom. The Balaban J connectivity index is 2.54. The first-order valence-electron chi connectivity index (χ1n) is 7.08. The Labute approximate surface area is 141 Å². The summed E-state index contributed by atoms with van der Waals surface area (Å²) in [6.45, 7) is 3.50. The molecule has 5 nitrogen and oxygen atoms in total. The lowest BCUT2D eigenvalue weighted by molar-refractivity contribution is 0.141. The van der Waals surface area contributed by atoms with Crippen LogP contribution in [0.2, 0.25) is 0 Å². The molecule has 2 aromatic heterocycles. The molecule has 0 bridgehead atoms. The van der Waals surface area contributed by atoms with E-state index in [2.05, 4.69) is 0 Å². The smallest absolute Gasteiger partial charge is 0.269 e. The molecule has 0 saturated carbocycles. The maximum Gasteiger partial charge on any atom is 0.269 e. The number of thiazole rings is 1. The summed E-state index contributed by atoms with van der Waals surface area (Å²) in [6.07, 6.45) is 2.45. The molecule has 0 fully saturated rings. The third-order valence-electron chi connectivity index (χ3n) is 3.04. The number of thiophene rings is 1. The van der Waals surface area contributed by atoms with Gasteiger partial charge in [-0.15, -0.1) is 22.7 Å². The topological polar surface area (TPSA) is 78.8 Å². The van der Waals surface area contributed by atoms with Crippen molar-refractivity contribution in [3.05, 3.63) is 41.9 Å². The first-order valence-corrected chi connectivity index (χ1v) is 8.78. The minimum Gasteiger partial charge on any atom is -0.382 e. The van der Waals surface area contributed by atoms with Gasteiger partial charge < -0.3 is 4.74 Å². The Morgan fingerprint density at radius 3 is 2.83 bits per heavy atom. The number of aromatic nitrogens is 1. The van der Waals surface area contributed by atoms with E-state index in [0.29, 0.717) is 35.4 Å². The van der Waals surface area contributed by atoms with E-state index in [0.717, 1.165) is 4.88 Å². The van der Waals surface area contributed by atoms with Crippen molar-refractivity contribution in [1.82, 2.24) is 4.57 Å². The van der Waals surface area contributed by atoms with Crippen molar-refractivity contribution >= 4 is 34.3 Å². The van der Waals surface area contributed by atoms with Gasteiger partial charge in [0.2, 0.25) is 0 Å². The van der Waals surface area contributed by atoms with Crippen molar-refractivity contribution in [2.24, 2.45) is 0 Å². The Bertz CT molecular complexity index is 893. The average Bonchev–Trinajstić information content (AvgIpc) is 3.16. The molecule has 0 amide bonds. The van der Waals surface area contributed by atoms with Crippen LogP contribution in [0.5, 0.6) is 0 Å². The van der Waals surface area contributed by atoms with Gasteiger partial charge in [0.1, 0.15) is 16.8 Å². The standard InChI is InChI=1S/C16H15N3O2S2/c1-2-21-7-4-6-19-15(20)14(9-13-5-3-8-22-13)23-16(19)12(10-17)11-18/h3,5,8-9H,2,4,6-7H2,1H3/b14-9+. The van der Waals surface area contributed by atoms with E-state index >= 15 is 0 Å². The molecular weight excluding hydrogens is 330 g/mol. The van der Waals surface area contributed by atoms with Crippen molar-refractivity contribution in [3.8, 4) is 12.1 Å². The molecule has 0 saturated heterocycles. The number of nitrogens with zero attached hydrogens (tertiary/aromatic N) is 3. The fourth-order valence-corrected chi connectivity index (χ4v) is 3.80.